The summed E-state index contributed by atoms with van der Waals surface area (Å²) in [4.78, 5) is 11.8. The number of nitro benzene ring substituents is 1. The average Bonchev–Trinajstić information content (AvgIpc) is 2.35. The van der Waals surface area contributed by atoms with E-state index in [-0.39, 0.29) is 15.8 Å². The molecule has 0 aromatic heterocycles. The summed E-state index contributed by atoms with van der Waals surface area (Å²) in [6.07, 6.45) is 0. The van der Waals surface area contributed by atoms with Crippen LogP contribution in [0.4, 0.5) is 21.5 Å². The predicted octanol–water partition coefficient (Wildman–Crippen LogP) is 1.92. The lowest BCUT2D eigenvalue weighted by atomic mass is 10.2. The van der Waals surface area contributed by atoms with Crippen LogP contribution in [0.1, 0.15) is 0 Å². The van der Waals surface area contributed by atoms with Gasteiger partial charge in [-0.15, -0.1) is 0 Å². The molecule has 0 saturated carbocycles. The van der Waals surface area contributed by atoms with Crippen LogP contribution in [0, 0.1) is 15.9 Å². The van der Waals surface area contributed by atoms with Crippen LogP contribution in [0.15, 0.2) is 10.5 Å². The number of nitrogens with zero attached hydrogens (tertiary/aromatic N) is 2. The van der Waals surface area contributed by atoms with Crippen molar-refractivity contribution in [2.24, 2.45) is 0 Å². The molecule has 6 nitrogen and oxygen atoms in total. The summed E-state index contributed by atoms with van der Waals surface area (Å²) in [5.74, 6) is -0.662. The summed E-state index contributed by atoms with van der Waals surface area (Å²) in [5.41, 5.74) is 5.40. The first-order valence-corrected chi connectivity index (χ1v) is 6.06. The molecule has 0 aliphatic carbocycles. The lowest BCUT2D eigenvalue weighted by Gasteiger charge is -2.30. The number of nitrogens with two attached hydrogens (primary N) is 1. The van der Waals surface area contributed by atoms with Gasteiger partial charge in [-0.05, 0) is 15.9 Å². The molecular formula is C10H11BrFN3O3. The first kappa shape index (κ1) is 13.0. The largest absolute Gasteiger partial charge is 0.392 e. The fourth-order valence-electron chi connectivity index (χ4n) is 1.84. The number of halogens is 2. The topological polar surface area (TPSA) is 81.6 Å². The summed E-state index contributed by atoms with van der Waals surface area (Å²) in [5, 5.41) is 10.7. The molecule has 1 aromatic carbocycles. The maximum absolute atomic E-state index is 14.0. The van der Waals surface area contributed by atoms with Gasteiger partial charge in [0.15, 0.2) is 5.82 Å². The minimum Gasteiger partial charge on any atom is -0.392 e. The third-order valence-electron chi connectivity index (χ3n) is 2.73. The smallest absolute Gasteiger partial charge is 0.296 e. The molecule has 0 unspecified atom stereocenters. The molecule has 0 bridgehead atoms. The van der Waals surface area contributed by atoms with Gasteiger partial charge in [-0.3, -0.25) is 10.1 Å². The Kier molecular flexibility index (Phi) is 3.67. The average molecular weight is 320 g/mol. The minimum atomic E-state index is -0.702. The van der Waals surface area contributed by atoms with E-state index in [9.17, 15) is 14.5 Å². The van der Waals surface area contributed by atoms with E-state index in [0.717, 1.165) is 6.07 Å². The zero-order valence-electron chi connectivity index (χ0n) is 9.36. The van der Waals surface area contributed by atoms with Crippen molar-refractivity contribution in [2.45, 2.75) is 0 Å². The number of benzene rings is 1. The second-order valence-electron chi connectivity index (χ2n) is 3.81. The highest BCUT2D eigenvalue weighted by atomic mass is 79.9. The lowest BCUT2D eigenvalue weighted by Crippen LogP contribution is -2.37. The monoisotopic (exact) mass is 319 g/mol. The fraction of sp³-hybridized carbons (Fsp3) is 0.400. The van der Waals surface area contributed by atoms with Crippen LogP contribution >= 0.6 is 15.9 Å². The molecule has 0 spiro atoms. The molecule has 98 valence electrons. The Labute approximate surface area is 111 Å². The second kappa shape index (κ2) is 5.07. The van der Waals surface area contributed by atoms with Gasteiger partial charge < -0.3 is 15.4 Å². The van der Waals surface area contributed by atoms with Crippen molar-refractivity contribution in [3.8, 4) is 0 Å². The number of hydrogen-bond donors (Lipinski definition) is 1. The van der Waals surface area contributed by atoms with E-state index in [0.29, 0.717) is 26.3 Å². The van der Waals surface area contributed by atoms with E-state index in [1.165, 1.54) is 0 Å². The maximum atomic E-state index is 14.0. The standard InChI is InChI=1S/C10H11BrFN3O3/c11-8-9(13)7(15(16)17)5-6(12)10(8)14-1-3-18-4-2-14/h5H,1-4,13H2. The first-order valence-electron chi connectivity index (χ1n) is 5.27. The Morgan fingerprint density at radius 3 is 2.67 bits per heavy atom. The van der Waals surface area contributed by atoms with Crippen LogP contribution in [0.25, 0.3) is 0 Å². The van der Waals surface area contributed by atoms with Gasteiger partial charge in [0.25, 0.3) is 5.69 Å². The molecule has 0 atom stereocenters. The van der Waals surface area contributed by atoms with Crippen molar-refractivity contribution in [1.29, 1.82) is 0 Å². The van der Waals surface area contributed by atoms with E-state index >= 15 is 0 Å². The molecule has 0 amide bonds. The summed E-state index contributed by atoms with van der Waals surface area (Å²) in [7, 11) is 0. The Balaban J connectivity index is 2.48. The number of anilines is 2. The van der Waals surface area contributed by atoms with Crippen molar-refractivity contribution in [3.05, 3.63) is 26.5 Å². The lowest BCUT2D eigenvalue weighted by molar-refractivity contribution is -0.384. The number of rotatable bonds is 2. The van der Waals surface area contributed by atoms with Gasteiger partial charge in [0.05, 0.1) is 34.4 Å². The molecule has 1 aliphatic heterocycles. The molecule has 2 rings (SSSR count). The SMILES string of the molecule is Nc1c([N+](=O)[O-])cc(F)c(N2CCOCC2)c1Br. The number of nitrogen functional groups attached to an aromatic ring is 1. The van der Waals surface area contributed by atoms with Gasteiger partial charge in [0.2, 0.25) is 0 Å². The van der Waals surface area contributed by atoms with E-state index in [4.69, 9.17) is 10.5 Å². The number of hydrogen-bond acceptors (Lipinski definition) is 5. The number of ether oxygens (including phenoxy) is 1. The molecule has 0 radical (unpaired) electrons. The van der Waals surface area contributed by atoms with Crippen LogP contribution in [0.5, 0.6) is 0 Å². The van der Waals surface area contributed by atoms with Crippen LogP contribution in [0.3, 0.4) is 0 Å². The quantitative estimate of drug-likeness (QED) is 0.511. The van der Waals surface area contributed by atoms with Gasteiger partial charge in [0.1, 0.15) is 5.69 Å². The van der Waals surface area contributed by atoms with E-state index in [1.54, 1.807) is 4.90 Å². The molecule has 8 heteroatoms. The predicted molar refractivity (Wildman–Crippen MR) is 68.2 cm³/mol. The van der Waals surface area contributed by atoms with E-state index in [1.807, 2.05) is 0 Å². The molecule has 1 aromatic rings. The normalized spacial score (nSPS) is 15.8. The highest BCUT2D eigenvalue weighted by Gasteiger charge is 2.25. The van der Waals surface area contributed by atoms with Crippen LogP contribution in [-0.2, 0) is 4.74 Å². The molecule has 1 fully saturated rings. The third kappa shape index (κ3) is 2.25. The third-order valence-corrected chi connectivity index (χ3v) is 3.54. The van der Waals surface area contributed by atoms with Crippen molar-refractivity contribution in [1.82, 2.24) is 0 Å². The summed E-state index contributed by atoms with van der Waals surface area (Å²) in [6, 6.07) is 0.852. The van der Waals surface area contributed by atoms with Crippen molar-refractivity contribution < 1.29 is 14.1 Å². The minimum absolute atomic E-state index is 0.0668. The highest BCUT2D eigenvalue weighted by Crippen LogP contribution is 2.40. The fourth-order valence-corrected chi connectivity index (χ4v) is 2.48. The van der Waals surface area contributed by atoms with Gasteiger partial charge >= 0.3 is 0 Å². The first-order chi connectivity index (χ1) is 8.52. The van der Waals surface area contributed by atoms with Crippen molar-refractivity contribution in [2.75, 3.05) is 36.9 Å². The Hall–Kier alpha value is -1.41. The maximum Gasteiger partial charge on any atom is 0.296 e. The Morgan fingerprint density at radius 1 is 1.50 bits per heavy atom. The van der Waals surface area contributed by atoms with Crippen LogP contribution in [0.2, 0.25) is 0 Å². The summed E-state index contributed by atoms with van der Waals surface area (Å²) >= 11 is 3.13. The van der Waals surface area contributed by atoms with Crippen molar-refractivity contribution >= 4 is 33.0 Å². The molecule has 1 heterocycles. The second-order valence-corrected chi connectivity index (χ2v) is 4.60. The van der Waals surface area contributed by atoms with Gasteiger partial charge in [-0.1, -0.05) is 0 Å². The number of nitro groups is 1. The van der Waals surface area contributed by atoms with E-state index < -0.39 is 16.4 Å². The summed E-state index contributed by atoms with van der Waals surface area (Å²) < 4.78 is 19.4. The molecule has 18 heavy (non-hydrogen) atoms. The summed E-state index contributed by atoms with van der Waals surface area (Å²) in [6.45, 7) is 2.02. The Morgan fingerprint density at radius 2 is 2.11 bits per heavy atom. The zero-order chi connectivity index (χ0) is 13.3. The van der Waals surface area contributed by atoms with Gasteiger partial charge in [-0.2, -0.15) is 0 Å². The highest BCUT2D eigenvalue weighted by molar-refractivity contribution is 9.10. The number of morpholine rings is 1. The molecular weight excluding hydrogens is 309 g/mol. The van der Waals surface area contributed by atoms with Gasteiger partial charge in [-0.25, -0.2) is 4.39 Å². The molecule has 1 aliphatic rings. The van der Waals surface area contributed by atoms with Crippen LogP contribution < -0.4 is 10.6 Å². The zero-order valence-corrected chi connectivity index (χ0v) is 10.9. The Bertz CT molecular complexity index is 492. The molecule has 1 saturated heterocycles. The van der Waals surface area contributed by atoms with Crippen LogP contribution in [-0.4, -0.2) is 31.2 Å². The van der Waals surface area contributed by atoms with E-state index in [2.05, 4.69) is 15.9 Å². The molecule has 2 N–H and O–H groups in total. The van der Waals surface area contributed by atoms with Crippen molar-refractivity contribution in [3.63, 3.8) is 0 Å². The van der Waals surface area contributed by atoms with Gasteiger partial charge in [0, 0.05) is 13.1 Å².